The first-order valence-corrected chi connectivity index (χ1v) is 9.87. The molecular formula is C20H30FN5O. The Morgan fingerprint density at radius 1 is 1.30 bits per heavy atom. The molecule has 1 saturated carbocycles. The Bertz CT molecular complexity index is 816. The van der Waals surface area contributed by atoms with Crippen molar-refractivity contribution in [2.24, 2.45) is 5.41 Å². The van der Waals surface area contributed by atoms with Crippen LogP contribution in [0.1, 0.15) is 81.7 Å². The van der Waals surface area contributed by atoms with Crippen LogP contribution in [0.3, 0.4) is 0 Å². The van der Waals surface area contributed by atoms with Crippen LogP contribution in [0.25, 0.3) is 0 Å². The van der Waals surface area contributed by atoms with E-state index in [1.54, 1.807) is 13.1 Å². The Labute approximate surface area is 159 Å². The SMILES string of the molecule is CC.CC1(C)Cc2[nH]nc(C(=O)Nc3cnn(C4CCC4)c3)c2CC1(C)F. The zero-order valence-corrected chi connectivity index (χ0v) is 16.9. The molecule has 0 aliphatic heterocycles. The van der Waals surface area contributed by atoms with Crippen molar-refractivity contribution in [3.8, 4) is 0 Å². The highest BCUT2D eigenvalue weighted by atomic mass is 19.1. The molecule has 4 rings (SSSR count). The molecule has 148 valence electrons. The molecule has 2 aliphatic carbocycles. The number of aromatic amines is 1. The average molecular weight is 375 g/mol. The molecule has 7 heteroatoms. The number of H-pyrrole nitrogens is 1. The van der Waals surface area contributed by atoms with Gasteiger partial charge >= 0.3 is 0 Å². The molecule has 2 aromatic heterocycles. The number of fused-ring (bicyclic) bond motifs is 1. The topological polar surface area (TPSA) is 75.6 Å². The molecule has 6 nitrogen and oxygen atoms in total. The predicted molar refractivity (Wildman–Crippen MR) is 104 cm³/mol. The van der Waals surface area contributed by atoms with Gasteiger partial charge in [0.15, 0.2) is 5.69 Å². The van der Waals surface area contributed by atoms with Gasteiger partial charge in [-0.05, 0) is 32.6 Å². The number of carbonyl (C=O) groups excluding carboxylic acids is 1. The van der Waals surface area contributed by atoms with E-state index in [0.29, 0.717) is 23.7 Å². The second-order valence-corrected chi connectivity index (χ2v) is 8.21. The smallest absolute Gasteiger partial charge is 0.276 e. The number of amides is 1. The second-order valence-electron chi connectivity index (χ2n) is 8.21. The molecule has 2 aromatic rings. The van der Waals surface area contributed by atoms with E-state index in [9.17, 15) is 4.79 Å². The standard InChI is InChI=1S/C18H24FN5O.C2H6/c1-17(2)8-14-13(7-18(17,3)19)15(23-22-14)16(25)21-11-9-20-24(10-11)12-5-4-6-12;1-2/h9-10,12H,4-8H2,1-3H3,(H,21,25)(H,22,23);1-2H3. The number of nitrogens with zero attached hydrogens (tertiary/aromatic N) is 3. The number of hydrogen-bond donors (Lipinski definition) is 2. The van der Waals surface area contributed by atoms with Gasteiger partial charge in [-0.1, -0.05) is 27.7 Å². The summed E-state index contributed by atoms with van der Waals surface area (Å²) in [4.78, 5) is 12.6. The van der Waals surface area contributed by atoms with Crippen molar-refractivity contribution in [3.05, 3.63) is 29.3 Å². The summed E-state index contributed by atoms with van der Waals surface area (Å²) >= 11 is 0. The number of aromatic nitrogens is 4. The first-order chi connectivity index (χ1) is 12.8. The summed E-state index contributed by atoms with van der Waals surface area (Å²) < 4.78 is 16.9. The van der Waals surface area contributed by atoms with Crippen molar-refractivity contribution in [2.45, 2.75) is 78.4 Å². The summed E-state index contributed by atoms with van der Waals surface area (Å²) in [6, 6.07) is 0.443. The zero-order valence-electron chi connectivity index (χ0n) is 16.9. The number of anilines is 1. The largest absolute Gasteiger partial charge is 0.318 e. The highest BCUT2D eigenvalue weighted by Gasteiger charge is 2.47. The zero-order chi connectivity index (χ0) is 19.8. The van der Waals surface area contributed by atoms with Gasteiger partial charge in [-0.2, -0.15) is 10.2 Å². The monoisotopic (exact) mass is 375 g/mol. The van der Waals surface area contributed by atoms with Crippen LogP contribution in [-0.4, -0.2) is 31.6 Å². The van der Waals surface area contributed by atoms with E-state index in [2.05, 4.69) is 20.6 Å². The molecule has 1 atom stereocenters. The molecule has 0 aromatic carbocycles. The number of carbonyl (C=O) groups is 1. The van der Waals surface area contributed by atoms with Crippen molar-refractivity contribution in [2.75, 3.05) is 5.32 Å². The van der Waals surface area contributed by atoms with E-state index in [4.69, 9.17) is 0 Å². The van der Waals surface area contributed by atoms with Gasteiger partial charge in [-0.25, -0.2) is 4.39 Å². The lowest BCUT2D eigenvalue weighted by Crippen LogP contribution is -2.45. The maximum absolute atomic E-state index is 15.0. The summed E-state index contributed by atoms with van der Waals surface area (Å²) in [5, 5.41) is 14.2. The highest BCUT2D eigenvalue weighted by molar-refractivity contribution is 6.04. The summed E-state index contributed by atoms with van der Waals surface area (Å²) in [6.45, 7) is 9.42. The van der Waals surface area contributed by atoms with Crippen molar-refractivity contribution in [1.82, 2.24) is 20.0 Å². The average Bonchev–Trinajstić information content (AvgIpc) is 3.14. The maximum Gasteiger partial charge on any atom is 0.276 e. The van der Waals surface area contributed by atoms with Crippen LogP contribution in [0.4, 0.5) is 10.1 Å². The fourth-order valence-corrected chi connectivity index (χ4v) is 3.57. The Morgan fingerprint density at radius 2 is 2.00 bits per heavy atom. The van der Waals surface area contributed by atoms with Gasteiger partial charge in [-0.3, -0.25) is 14.6 Å². The Balaban J connectivity index is 0.00000102. The number of hydrogen-bond acceptors (Lipinski definition) is 3. The van der Waals surface area contributed by atoms with Crippen molar-refractivity contribution >= 4 is 11.6 Å². The van der Waals surface area contributed by atoms with Gasteiger partial charge in [0.2, 0.25) is 0 Å². The number of rotatable bonds is 3. The fourth-order valence-electron chi connectivity index (χ4n) is 3.57. The summed E-state index contributed by atoms with van der Waals surface area (Å²) in [5.41, 5.74) is 0.597. The van der Waals surface area contributed by atoms with Crippen LogP contribution in [0, 0.1) is 5.41 Å². The van der Waals surface area contributed by atoms with Crippen molar-refractivity contribution in [1.29, 1.82) is 0 Å². The number of nitrogens with one attached hydrogen (secondary N) is 2. The first kappa shape index (κ1) is 19.6. The third-order valence-corrected chi connectivity index (χ3v) is 6.01. The van der Waals surface area contributed by atoms with Crippen molar-refractivity contribution in [3.63, 3.8) is 0 Å². The predicted octanol–water partition coefficient (Wildman–Crippen LogP) is 4.46. The molecule has 0 saturated heterocycles. The van der Waals surface area contributed by atoms with Crippen LogP contribution in [-0.2, 0) is 12.8 Å². The molecule has 0 bridgehead atoms. The molecule has 0 radical (unpaired) electrons. The summed E-state index contributed by atoms with van der Waals surface area (Å²) in [7, 11) is 0. The molecular weight excluding hydrogens is 345 g/mol. The molecule has 2 aliphatic rings. The quantitative estimate of drug-likeness (QED) is 0.831. The Hall–Kier alpha value is -2.18. The minimum Gasteiger partial charge on any atom is -0.318 e. The van der Waals surface area contributed by atoms with Gasteiger partial charge in [0.05, 0.1) is 17.9 Å². The lowest BCUT2D eigenvalue weighted by molar-refractivity contribution is 0.0240. The van der Waals surface area contributed by atoms with E-state index < -0.39 is 11.1 Å². The minimum absolute atomic E-state index is 0.190. The number of halogens is 1. The maximum atomic E-state index is 15.0. The Morgan fingerprint density at radius 3 is 2.63 bits per heavy atom. The molecule has 2 heterocycles. The van der Waals surface area contributed by atoms with Gasteiger partial charge in [-0.15, -0.1) is 0 Å². The fraction of sp³-hybridized carbons (Fsp3) is 0.650. The molecule has 1 amide bonds. The van der Waals surface area contributed by atoms with E-state index >= 15 is 4.39 Å². The molecule has 2 N–H and O–H groups in total. The molecule has 1 fully saturated rings. The van der Waals surface area contributed by atoms with Gasteiger partial charge in [0.1, 0.15) is 5.67 Å². The van der Waals surface area contributed by atoms with E-state index in [1.807, 2.05) is 38.6 Å². The number of alkyl halides is 1. The highest BCUT2D eigenvalue weighted by Crippen LogP contribution is 2.45. The minimum atomic E-state index is -1.38. The normalized spacial score (nSPS) is 23.6. The lowest BCUT2D eigenvalue weighted by Gasteiger charge is -2.41. The summed E-state index contributed by atoms with van der Waals surface area (Å²) in [6.07, 6.45) is 7.72. The van der Waals surface area contributed by atoms with Gasteiger partial charge in [0, 0.05) is 29.3 Å². The first-order valence-electron chi connectivity index (χ1n) is 9.87. The van der Waals surface area contributed by atoms with E-state index in [0.717, 1.165) is 18.5 Å². The van der Waals surface area contributed by atoms with Crippen LogP contribution in [0.2, 0.25) is 0 Å². The molecule has 27 heavy (non-hydrogen) atoms. The van der Waals surface area contributed by atoms with Crippen LogP contribution < -0.4 is 5.32 Å². The van der Waals surface area contributed by atoms with E-state index in [-0.39, 0.29) is 18.0 Å². The summed E-state index contributed by atoms with van der Waals surface area (Å²) in [5.74, 6) is -0.318. The van der Waals surface area contributed by atoms with E-state index in [1.165, 1.54) is 6.42 Å². The van der Waals surface area contributed by atoms with Crippen LogP contribution in [0.15, 0.2) is 12.4 Å². The Kier molecular flexibility index (Phi) is 5.14. The van der Waals surface area contributed by atoms with Crippen molar-refractivity contribution < 1.29 is 9.18 Å². The second kappa shape index (κ2) is 7.09. The van der Waals surface area contributed by atoms with Gasteiger partial charge < -0.3 is 5.32 Å². The van der Waals surface area contributed by atoms with Crippen LogP contribution >= 0.6 is 0 Å². The molecule has 0 spiro atoms. The van der Waals surface area contributed by atoms with Gasteiger partial charge in [0.25, 0.3) is 5.91 Å². The third kappa shape index (κ3) is 3.51. The third-order valence-electron chi connectivity index (χ3n) is 6.01. The molecule has 1 unspecified atom stereocenters. The van der Waals surface area contributed by atoms with Crippen LogP contribution in [0.5, 0.6) is 0 Å². The lowest BCUT2D eigenvalue weighted by atomic mass is 9.67.